The Hall–Kier alpha value is -1.12. The number of carbonyl (C=O) groups excluding carboxylic acids is 1. The quantitative estimate of drug-likeness (QED) is 0.558. The minimum absolute atomic E-state index is 0.0972. The van der Waals surface area contributed by atoms with Gasteiger partial charge in [0, 0.05) is 0 Å². The Morgan fingerprint density at radius 1 is 1.73 bits per heavy atom. The number of nitrogens with zero attached hydrogens (tertiary/aromatic N) is 1. The predicted octanol–water partition coefficient (Wildman–Crippen LogP) is 0.906. The Bertz CT molecular complexity index is 255. The van der Waals surface area contributed by atoms with Gasteiger partial charge in [0.05, 0.1) is 5.71 Å². The molecule has 58 valence electrons. The number of fused-ring (bicyclic) bond motifs is 1. The molecule has 0 aromatic carbocycles. The van der Waals surface area contributed by atoms with Crippen molar-refractivity contribution >= 4 is 11.5 Å². The highest BCUT2D eigenvalue weighted by Gasteiger charge is 2.39. The van der Waals surface area contributed by atoms with Gasteiger partial charge in [-0.05, 0) is 18.6 Å². The van der Waals surface area contributed by atoms with Crippen LogP contribution in [0.15, 0.2) is 17.3 Å². The molecule has 0 spiro atoms. The minimum Gasteiger partial charge on any atom is -0.387 e. The largest absolute Gasteiger partial charge is 0.387 e. The normalized spacial score (nSPS) is 33.5. The second-order valence-corrected chi connectivity index (χ2v) is 2.75. The van der Waals surface area contributed by atoms with Crippen molar-refractivity contribution in [2.45, 2.75) is 19.4 Å². The summed E-state index contributed by atoms with van der Waals surface area (Å²) in [6.45, 7) is 1.98. The maximum absolute atomic E-state index is 11.2. The van der Waals surface area contributed by atoms with Gasteiger partial charge in [0.25, 0.3) is 0 Å². The maximum Gasteiger partial charge on any atom is 0.168 e. The molecule has 0 amide bonds. The zero-order chi connectivity index (χ0) is 7.84. The highest BCUT2D eigenvalue weighted by Crippen LogP contribution is 2.27. The molecule has 3 nitrogen and oxygen atoms in total. The molecule has 2 atom stereocenters. The van der Waals surface area contributed by atoms with Gasteiger partial charge in [-0.25, -0.2) is 0 Å². The Balaban J connectivity index is 2.25. The molecule has 0 radical (unpaired) electrons. The van der Waals surface area contributed by atoms with Crippen LogP contribution in [0.3, 0.4) is 0 Å². The Morgan fingerprint density at radius 3 is 3.27 bits per heavy atom. The van der Waals surface area contributed by atoms with E-state index in [4.69, 9.17) is 4.84 Å². The third-order valence-corrected chi connectivity index (χ3v) is 2.10. The third-order valence-electron chi connectivity index (χ3n) is 2.10. The molecule has 2 aliphatic rings. The smallest absolute Gasteiger partial charge is 0.168 e. The van der Waals surface area contributed by atoms with Crippen LogP contribution in [0.25, 0.3) is 0 Å². The summed E-state index contributed by atoms with van der Waals surface area (Å²) in [5, 5.41) is 3.83. The predicted molar refractivity (Wildman–Crippen MR) is 40.2 cm³/mol. The first kappa shape index (κ1) is 6.58. The van der Waals surface area contributed by atoms with Crippen LogP contribution in [-0.2, 0) is 9.63 Å². The summed E-state index contributed by atoms with van der Waals surface area (Å²) in [6.07, 6.45) is 4.06. The van der Waals surface area contributed by atoms with Gasteiger partial charge >= 0.3 is 0 Å². The van der Waals surface area contributed by atoms with Gasteiger partial charge < -0.3 is 4.84 Å². The Kier molecular flexibility index (Phi) is 1.31. The molecule has 3 heteroatoms. The first-order chi connectivity index (χ1) is 5.33. The summed E-state index contributed by atoms with van der Waals surface area (Å²) in [6, 6.07) is 0. The number of rotatable bonds is 1. The summed E-state index contributed by atoms with van der Waals surface area (Å²) in [5.74, 6) is 0.0353. The van der Waals surface area contributed by atoms with Crippen LogP contribution >= 0.6 is 0 Å². The van der Waals surface area contributed by atoms with Crippen LogP contribution in [0.5, 0.6) is 0 Å². The van der Waals surface area contributed by atoms with Crippen molar-refractivity contribution in [1.29, 1.82) is 0 Å². The van der Waals surface area contributed by atoms with Crippen molar-refractivity contribution in [3.8, 4) is 0 Å². The van der Waals surface area contributed by atoms with Crippen LogP contribution in [0.4, 0.5) is 0 Å². The number of allylic oxidation sites excluding steroid dienone is 1. The molecule has 0 bridgehead atoms. The van der Waals surface area contributed by atoms with Crippen LogP contribution in [0.2, 0.25) is 0 Å². The van der Waals surface area contributed by atoms with E-state index >= 15 is 0 Å². The van der Waals surface area contributed by atoms with Crippen LogP contribution in [0.1, 0.15) is 13.3 Å². The van der Waals surface area contributed by atoms with E-state index in [0.717, 1.165) is 12.1 Å². The van der Waals surface area contributed by atoms with E-state index in [2.05, 4.69) is 5.16 Å². The van der Waals surface area contributed by atoms with Crippen molar-refractivity contribution in [1.82, 2.24) is 0 Å². The summed E-state index contributed by atoms with van der Waals surface area (Å²) in [7, 11) is 0. The SMILES string of the molecule is CCC1=NOC2C=CC(=O)C12. The molecular weight excluding hydrogens is 142 g/mol. The fourth-order valence-electron chi connectivity index (χ4n) is 1.49. The molecule has 1 aliphatic carbocycles. The van der Waals surface area contributed by atoms with E-state index in [0.29, 0.717) is 0 Å². The average molecular weight is 151 g/mol. The molecule has 11 heavy (non-hydrogen) atoms. The van der Waals surface area contributed by atoms with Crippen LogP contribution in [-0.4, -0.2) is 17.6 Å². The van der Waals surface area contributed by atoms with E-state index in [1.807, 2.05) is 6.92 Å². The van der Waals surface area contributed by atoms with Gasteiger partial charge in [0.1, 0.15) is 5.92 Å². The lowest BCUT2D eigenvalue weighted by molar-refractivity contribution is -0.117. The standard InChI is InChI=1S/C8H9NO2/c1-2-5-8-6(10)3-4-7(8)11-9-5/h3-4,7-8H,2H2,1H3. The molecule has 2 rings (SSSR count). The van der Waals surface area contributed by atoms with Crippen molar-refractivity contribution in [2.24, 2.45) is 11.1 Å². The molecule has 1 heterocycles. The molecule has 0 fully saturated rings. The number of oxime groups is 1. The van der Waals surface area contributed by atoms with Crippen LogP contribution < -0.4 is 0 Å². The van der Waals surface area contributed by atoms with Gasteiger partial charge in [0.2, 0.25) is 0 Å². The fraction of sp³-hybridized carbons (Fsp3) is 0.500. The fourth-order valence-corrected chi connectivity index (χ4v) is 1.49. The zero-order valence-electron chi connectivity index (χ0n) is 6.28. The molecule has 0 N–H and O–H groups in total. The van der Waals surface area contributed by atoms with Crippen molar-refractivity contribution in [2.75, 3.05) is 0 Å². The van der Waals surface area contributed by atoms with Crippen molar-refractivity contribution in [3.63, 3.8) is 0 Å². The third kappa shape index (κ3) is 0.803. The molecule has 0 aromatic rings. The van der Waals surface area contributed by atoms with Crippen molar-refractivity contribution < 1.29 is 9.63 Å². The minimum atomic E-state index is -0.0996. The lowest BCUT2D eigenvalue weighted by Crippen LogP contribution is -2.23. The van der Waals surface area contributed by atoms with Gasteiger partial charge in [0.15, 0.2) is 11.9 Å². The van der Waals surface area contributed by atoms with Gasteiger partial charge in [-0.1, -0.05) is 12.1 Å². The van der Waals surface area contributed by atoms with Gasteiger partial charge in [-0.3, -0.25) is 4.79 Å². The Labute approximate surface area is 64.7 Å². The van der Waals surface area contributed by atoms with E-state index in [9.17, 15) is 4.79 Å². The number of hydrogen-bond acceptors (Lipinski definition) is 3. The van der Waals surface area contributed by atoms with Crippen LogP contribution in [0, 0.1) is 5.92 Å². The molecular formula is C8H9NO2. The maximum atomic E-state index is 11.2. The first-order valence-electron chi connectivity index (χ1n) is 3.77. The first-order valence-corrected chi connectivity index (χ1v) is 3.77. The topological polar surface area (TPSA) is 38.7 Å². The number of carbonyl (C=O) groups is 1. The number of ketones is 1. The molecule has 0 saturated heterocycles. The zero-order valence-corrected chi connectivity index (χ0v) is 6.28. The highest BCUT2D eigenvalue weighted by molar-refractivity contribution is 6.12. The second kappa shape index (κ2) is 2.19. The molecule has 0 aromatic heterocycles. The monoisotopic (exact) mass is 151 g/mol. The summed E-state index contributed by atoms with van der Waals surface area (Å²) in [5.41, 5.74) is 0.880. The van der Waals surface area contributed by atoms with E-state index < -0.39 is 0 Å². The van der Waals surface area contributed by atoms with Crippen molar-refractivity contribution in [3.05, 3.63) is 12.2 Å². The van der Waals surface area contributed by atoms with Gasteiger partial charge in [-0.2, -0.15) is 0 Å². The average Bonchev–Trinajstić information content (AvgIpc) is 2.54. The van der Waals surface area contributed by atoms with E-state index in [1.54, 1.807) is 12.2 Å². The lowest BCUT2D eigenvalue weighted by Gasteiger charge is -2.04. The summed E-state index contributed by atoms with van der Waals surface area (Å²) < 4.78 is 0. The second-order valence-electron chi connectivity index (χ2n) is 2.75. The summed E-state index contributed by atoms with van der Waals surface area (Å²) >= 11 is 0. The summed E-state index contributed by atoms with van der Waals surface area (Å²) in [4.78, 5) is 16.2. The van der Waals surface area contributed by atoms with Gasteiger partial charge in [-0.15, -0.1) is 0 Å². The molecule has 2 unspecified atom stereocenters. The Morgan fingerprint density at radius 2 is 2.55 bits per heavy atom. The van der Waals surface area contributed by atoms with E-state index in [-0.39, 0.29) is 17.8 Å². The highest BCUT2D eigenvalue weighted by atomic mass is 16.6. The lowest BCUT2D eigenvalue weighted by atomic mass is 9.97. The molecule has 1 aliphatic heterocycles. The number of hydrogen-bond donors (Lipinski definition) is 0. The van der Waals surface area contributed by atoms with E-state index in [1.165, 1.54) is 0 Å². The molecule has 0 saturated carbocycles.